The summed E-state index contributed by atoms with van der Waals surface area (Å²) in [7, 11) is 0. The summed E-state index contributed by atoms with van der Waals surface area (Å²) in [6, 6.07) is 20.2. The molecule has 1 aliphatic rings. The lowest BCUT2D eigenvalue weighted by Gasteiger charge is -2.21. The maximum atomic E-state index is 11.9. The van der Waals surface area contributed by atoms with Crippen molar-refractivity contribution in [1.29, 1.82) is 0 Å². The Bertz CT molecular complexity index is 591. The Morgan fingerprint density at radius 2 is 1.37 bits per heavy atom. The van der Waals surface area contributed by atoms with Crippen LogP contribution >= 0.6 is 0 Å². The van der Waals surface area contributed by atoms with Crippen LogP contribution in [-0.4, -0.2) is 6.26 Å². The van der Waals surface area contributed by atoms with Crippen LogP contribution in [-0.2, 0) is 10.2 Å². The SMILES string of the molecule is [2H]C(=O)C1C(C)(C)C1(c1ccccc1)c1ccccc1. The van der Waals surface area contributed by atoms with Crippen LogP contribution in [0.5, 0.6) is 0 Å². The molecule has 1 fully saturated rings. The van der Waals surface area contributed by atoms with Gasteiger partial charge in [0, 0.05) is 11.3 Å². The summed E-state index contributed by atoms with van der Waals surface area (Å²) in [6.07, 6.45) is -0.470. The standard InChI is InChI=1S/C18H18O/c1-17(2)16(13-19)18(17,14-9-5-3-6-10-14)15-11-7-4-8-12-15/h3-13,16H,1-2H3/i13D. The molecule has 0 bridgehead atoms. The lowest BCUT2D eigenvalue weighted by Crippen LogP contribution is -2.17. The summed E-state index contributed by atoms with van der Waals surface area (Å²) in [6.45, 7) is 4.17. The average molecular weight is 251 g/mol. The summed E-state index contributed by atoms with van der Waals surface area (Å²) >= 11 is 0. The van der Waals surface area contributed by atoms with Crippen molar-refractivity contribution >= 4 is 6.26 Å². The number of hydrogen-bond donors (Lipinski definition) is 0. The van der Waals surface area contributed by atoms with Crippen molar-refractivity contribution in [3.05, 3.63) is 71.8 Å². The molecule has 0 spiro atoms. The minimum atomic E-state index is -0.470. The third-order valence-corrected chi connectivity index (χ3v) is 4.66. The Balaban J connectivity index is 2.24. The van der Waals surface area contributed by atoms with Crippen molar-refractivity contribution in [2.24, 2.45) is 11.3 Å². The van der Waals surface area contributed by atoms with E-state index in [9.17, 15) is 4.79 Å². The maximum Gasteiger partial charge on any atom is 0.124 e. The minimum absolute atomic E-state index is 0.228. The van der Waals surface area contributed by atoms with Crippen molar-refractivity contribution in [2.45, 2.75) is 19.3 Å². The Kier molecular flexibility index (Phi) is 2.34. The highest BCUT2D eigenvalue weighted by Gasteiger charge is 2.72. The molecular weight excluding hydrogens is 232 g/mol. The van der Waals surface area contributed by atoms with E-state index in [4.69, 9.17) is 1.37 Å². The van der Waals surface area contributed by atoms with E-state index in [0.29, 0.717) is 0 Å². The largest absolute Gasteiger partial charge is 0.303 e. The molecule has 0 aliphatic heterocycles. The Labute approximate surface area is 115 Å². The number of aldehydes is 1. The zero-order chi connectivity index (χ0) is 14.4. The molecule has 1 saturated carbocycles. The monoisotopic (exact) mass is 251 g/mol. The van der Waals surface area contributed by atoms with Crippen molar-refractivity contribution in [3.8, 4) is 0 Å². The van der Waals surface area contributed by atoms with Gasteiger partial charge in [0.15, 0.2) is 0 Å². The van der Waals surface area contributed by atoms with Crippen molar-refractivity contribution in [2.75, 3.05) is 0 Å². The second-order valence-corrected chi connectivity index (χ2v) is 5.81. The smallest absolute Gasteiger partial charge is 0.124 e. The molecular formula is C18H18O. The van der Waals surface area contributed by atoms with Crippen LogP contribution in [0.3, 0.4) is 0 Å². The lowest BCUT2D eigenvalue weighted by atomic mass is 9.81. The van der Waals surface area contributed by atoms with E-state index in [1.807, 2.05) is 36.4 Å². The number of benzene rings is 2. The van der Waals surface area contributed by atoms with Gasteiger partial charge in [-0.2, -0.15) is 0 Å². The van der Waals surface area contributed by atoms with Gasteiger partial charge < -0.3 is 4.79 Å². The van der Waals surface area contributed by atoms with Crippen LogP contribution < -0.4 is 0 Å². The van der Waals surface area contributed by atoms with Crippen LogP contribution in [0, 0.1) is 11.3 Å². The van der Waals surface area contributed by atoms with Gasteiger partial charge in [0.25, 0.3) is 0 Å². The van der Waals surface area contributed by atoms with Gasteiger partial charge in [0.1, 0.15) is 7.63 Å². The first-order valence-electron chi connectivity index (χ1n) is 7.14. The van der Waals surface area contributed by atoms with Crippen molar-refractivity contribution in [3.63, 3.8) is 0 Å². The van der Waals surface area contributed by atoms with Gasteiger partial charge >= 0.3 is 0 Å². The van der Waals surface area contributed by atoms with E-state index in [1.165, 1.54) is 0 Å². The minimum Gasteiger partial charge on any atom is -0.303 e. The van der Waals surface area contributed by atoms with E-state index in [2.05, 4.69) is 38.1 Å². The Hall–Kier alpha value is -1.89. The van der Waals surface area contributed by atoms with Gasteiger partial charge in [-0.3, -0.25) is 0 Å². The first-order valence-corrected chi connectivity index (χ1v) is 6.64. The molecule has 0 heterocycles. The average Bonchev–Trinajstić information content (AvgIpc) is 2.99. The van der Waals surface area contributed by atoms with Crippen LogP contribution in [0.25, 0.3) is 0 Å². The highest BCUT2D eigenvalue weighted by atomic mass is 16.1. The van der Waals surface area contributed by atoms with Gasteiger partial charge in [-0.15, -0.1) is 0 Å². The number of rotatable bonds is 3. The number of carbonyl (C=O) groups excluding carboxylic acids is 1. The topological polar surface area (TPSA) is 17.1 Å². The van der Waals surface area contributed by atoms with Crippen LogP contribution in [0.1, 0.15) is 26.3 Å². The zero-order valence-electron chi connectivity index (χ0n) is 12.3. The quantitative estimate of drug-likeness (QED) is 0.758. The fourth-order valence-corrected chi connectivity index (χ4v) is 3.65. The maximum absolute atomic E-state index is 11.9. The summed E-state index contributed by atoms with van der Waals surface area (Å²) < 4.78 is 7.67. The highest BCUT2D eigenvalue weighted by molar-refractivity contribution is 5.72. The molecule has 2 aromatic carbocycles. The number of carbonyl (C=O) groups is 1. The summed E-state index contributed by atoms with van der Waals surface area (Å²) in [5, 5.41) is 0. The third kappa shape index (κ3) is 1.45. The Morgan fingerprint density at radius 1 is 0.947 bits per heavy atom. The van der Waals surface area contributed by atoms with Crippen LogP contribution in [0.15, 0.2) is 60.7 Å². The summed E-state index contributed by atoms with van der Waals surface area (Å²) in [5.74, 6) is -0.278. The molecule has 1 atom stereocenters. The molecule has 96 valence electrons. The van der Waals surface area contributed by atoms with Crippen LogP contribution in [0.4, 0.5) is 0 Å². The van der Waals surface area contributed by atoms with Gasteiger partial charge in [0.2, 0.25) is 0 Å². The lowest BCUT2D eigenvalue weighted by molar-refractivity contribution is -0.109. The predicted molar refractivity (Wildman–Crippen MR) is 77.0 cm³/mol. The summed E-state index contributed by atoms with van der Waals surface area (Å²) in [4.78, 5) is 11.9. The highest BCUT2D eigenvalue weighted by Crippen LogP contribution is 2.71. The van der Waals surface area contributed by atoms with Gasteiger partial charge in [0.05, 0.1) is 0 Å². The second kappa shape index (κ2) is 4.06. The molecule has 19 heavy (non-hydrogen) atoms. The molecule has 0 N–H and O–H groups in total. The molecule has 1 heteroatoms. The van der Waals surface area contributed by atoms with Gasteiger partial charge in [-0.05, 0) is 16.5 Å². The van der Waals surface area contributed by atoms with Crippen molar-refractivity contribution < 1.29 is 6.17 Å². The molecule has 3 rings (SSSR count). The first-order chi connectivity index (χ1) is 9.53. The molecule has 1 nitrogen and oxygen atoms in total. The Morgan fingerprint density at radius 3 is 1.68 bits per heavy atom. The first kappa shape index (κ1) is 11.0. The van der Waals surface area contributed by atoms with E-state index in [-0.39, 0.29) is 16.7 Å². The zero-order valence-corrected chi connectivity index (χ0v) is 11.3. The van der Waals surface area contributed by atoms with Crippen molar-refractivity contribution in [1.82, 2.24) is 0 Å². The molecule has 1 unspecified atom stereocenters. The molecule has 1 aliphatic carbocycles. The van der Waals surface area contributed by atoms with E-state index >= 15 is 0 Å². The predicted octanol–water partition coefficient (Wildman–Crippen LogP) is 3.83. The van der Waals surface area contributed by atoms with E-state index in [1.54, 1.807) is 0 Å². The van der Waals surface area contributed by atoms with Crippen LogP contribution in [0.2, 0.25) is 0 Å². The molecule has 2 aromatic rings. The van der Waals surface area contributed by atoms with Gasteiger partial charge in [-0.25, -0.2) is 0 Å². The number of hydrogen-bond acceptors (Lipinski definition) is 1. The summed E-state index contributed by atoms with van der Waals surface area (Å²) in [5.41, 5.74) is 1.66. The molecule has 0 amide bonds. The fraction of sp³-hybridized carbons (Fsp3) is 0.278. The molecule has 0 saturated heterocycles. The van der Waals surface area contributed by atoms with E-state index in [0.717, 1.165) is 11.1 Å². The van der Waals surface area contributed by atoms with Gasteiger partial charge in [-0.1, -0.05) is 74.5 Å². The van der Waals surface area contributed by atoms with E-state index < -0.39 is 6.26 Å². The fourth-order valence-electron chi connectivity index (χ4n) is 3.65. The third-order valence-electron chi connectivity index (χ3n) is 4.66. The normalized spacial score (nSPS) is 23.5. The molecule has 0 aromatic heterocycles. The molecule has 0 radical (unpaired) electrons. The second-order valence-electron chi connectivity index (χ2n) is 5.81.